The average molecular weight is 241 g/mol. The van der Waals surface area contributed by atoms with E-state index in [0.717, 1.165) is 24.2 Å². The number of nitrogens with one attached hydrogen (secondary N) is 1. The van der Waals surface area contributed by atoms with E-state index >= 15 is 0 Å². The zero-order valence-electron chi connectivity index (χ0n) is 10.2. The summed E-state index contributed by atoms with van der Waals surface area (Å²) >= 11 is 0. The van der Waals surface area contributed by atoms with Gasteiger partial charge in [-0.1, -0.05) is 6.07 Å². The molecule has 0 bridgehead atoms. The zero-order valence-corrected chi connectivity index (χ0v) is 10.2. The van der Waals surface area contributed by atoms with Crippen LogP contribution in [0.15, 0.2) is 30.6 Å². The molecule has 1 aromatic carbocycles. The Morgan fingerprint density at radius 2 is 2.11 bits per heavy atom. The molecule has 3 N–H and O–H groups in total. The number of benzene rings is 1. The van der Waals surface area contributed by atoms with Crippen molar-refractivity contribution in [1.29, 1.82) is 0 Å². The summed E-state index contributed by atoms with van der Waals surface area (Å²) in [4.78, 5) is 10.8. The summed E-state index contributed by atoms with van der Waals surface area (Å²) < 4.78 is 0. The molecule has 5 heteroatoms. The van der Waals surface area contributed by atoms with Gasteiger partial charge in [0.2, 0.25) is 0 Å². The second kappa shape index (κ2) is 4.27. The number of fused-ring (bicyclic) bond motifs is 1. The van der Waals surface area contributed by atoms with Crippen molar-refractivity contribution < 1.29 is 0 Å². The summed E-state index contributed by atoms with van der Waals surface area (Å²) in [6, 6.07) is 6.36. The van der Waals surface area contributed by atoms with Gasteiger partial charge in [-0.25, -0.2) is 10.8 Å². The lowest BCUT2D eigenvalue weighted by Gasteiger charge is -2.12. The number of hydrazine groups is 1. The van der Waals surface area contributed by atoms with E-state index < -0.39 is 0 Å². The van der Waals surface area contributed by atoms with Gasteiger partial charge in [0, 0.05) is 37.2 Å². The second-order valence-electron chi connectivity index (χ2n) is 4.41. The third-order valence-corrected chi connectivity index (χ3v) is 3.32. The first kappa shape index (κ1) is 11.0. The van der Waals surface area contributed by atoms with Crippen LogP contribution in [-0.4, -0.2) is 23.6 Å². The summed E-state index contributed by atoms with van der Waals surface area (Å²) in [5.41, 5.74) is 7.07. The largest absolute Gasteiger partial charge is 0.374 e. The number of hydrogen-bond acceptors (Lipinski definition) is 5. The Morgan fingerprint density at radius 3 is 2.94 bits per heavy atom. The van der Waals surface area contributed by atoms with Crippen molar-refractivity contribution in [3.63, 3.8) is 0 Å². The normalized spacial score (nSPS) is 13.6. The van der Waals surface area contributed by atoms with Crippen molar-refractivity contribution in [3.05, 3.63) is 36.2 Å². The van der Waals surface area contributed by atoms with Gasteiger partial charge in [-0.05, 0) is 24.1 Å². The zero-order chi connectivity index (χ0) is 12.5. The number of nitrogens with zero attached hydrogens (tertiary/aromatic N) is 3. The minimum atomic E-state index is 0.601. The monoisotopic (exact) mass is 241 g/mol. The highest BCUT2D eigenvalue weighted by atomic mass is 15.3. The van der Waals surface area contributed by atoms with Gasteiger partial charge in [0.15, 0.2) is 5.82 Å². The number of anilines is 2. The quantitative estimate of drug-likeness (QED) is 0.615. The molecule has 3 rings (SSSR count). The van der Waals surface area contributed by atoms with Gasteiger partial charge in [0.1, 0.15) is 5.69 Å². The third kappa shape index (κ3) is 1.69. The average Bonchev–Trinajstić information content (AvgIpc) is 2.80. The van der Waals surface area contributed by atoms with E-state index in [4.69, 9.17) is 5.84 Å². The first-order valence-electron chi connectivity index (χ1n) is 5.91. The van der Waals surface area contributed by atoms with Gasteiger partial charge in [0.05, 0.1) is 0 Å². The smallest absolute Gasteiger partial charge is 0.166 e. The number of nitrogens with two attached hydrogens (primary N) is 1. The van der Waals surface area contributed by atoms with Crippen LogP contribution in [0.1, 0.15) is 5.56 Å². The van der Waals surface area contributed by atoms with Crippen LogP contribution in [0.25, 0.3) is 11.3 Å². The van der Waals surface area contributed by atoms with Crippen LogP contribution in [0.3, 0.4) is 0 Å². The van der Waals surface area contributed by atoms with Crippen molar-refractivity contribution >= 4 is 11.5 Å². The first-order valence-corrected chi connectivity index (χ1v) is 5.91. The molecule has 0 aliphatic carbocycles. The summed E-state index contributed by atoms with van der Waals surface area (Å²) in [5.74, 6) is 6.06. The topological polar surface area (TPSA) is 67.1 Å². The van der Waals surface area contributed by atoms with Crippen molar-refractivity contribution in [2.75, 3.05) is 23.9 Å². The Hall–Kier alpha value is -2.14. The number of likely N-dealkylation sites (N-methyl/N-ethyl adjacent to an activating group) is 1. The summed E-state index contributed by atoms with van der Waals surface area (Å²) in [6.07, 6.45) is 4.38. The minimum absolute atomic E-state index is 0.601. The molecule has 2 aromatic rings. The predicted octanol–water partition coefficient (Wildman–Crippen LogP) is 1.42. The molecule has 0 radical (unpaired) electrons. The van der Waals surface area contributed by atoms with E-state index in [1.54, 1.807) is 12.4 Å². The van der Waals surface area contributed by atoms with Gasteiger partial charge < -0.3 is 10.3 Å². The fourth-order valence-corrected chi connectivity index (χ4v) is 2.37. The van der Waals surface area contributed by atoms with Gasteiger partial charge >= 0.3 is 0 Å². The molecule has 0 amide bonds. The van der Waals surface area contributed by atoms with E-state index in [-0.39, 0.29) is 0 Å². The van der Waals surface area contributed by atoms with Crippen molar-refractivity contribution in [2.45, 2.75) is 6.42 Å². The molecule has 92 valence electrons. The van der Waals surface area contributed by atoms with Crippen molar-refractivity contribution in [2.24, 2.45) is 5.84 Å². The Bertz CT molecular complexity index is 581. The summed E-state index contributed by atoms with van der Waals surface area (Å²) in [7, 11) is 2.11. The van der Waals surface area contributed by atoms with Gasteiger partial charge in [-0.2, -0.15) is 0 Å². The van der Waals surface area contributed by atoms with Crippen LogP contribution < -0.4 is 16.2 Å². The van der Waals surface area contributed by atoms with Crippen LogP contribution in [0.2, 0.25) is 0 Å². The standard InChI is InChI=1S/C13H15N5/c1-18-7-4-9-8-10(2-3-11(9)18)12-13(17-14)16-6-5-15-12/h2-3,5-6,8H,4,7,14H2,1H3,(H,16,17). The third-order valence-electron chi connectivity index (χ3n) is 3.32. The van der Waals surface area contributed by atoms with Crippen LogP contribution in [-0.2, 0) is 6.42 Å². The molecule has 18 heavy (non-hydrogen) atoms. The van der Waals surface area contributed by atoms with Crippen molar-refractivity contribution in [3.8, 4) is 11.3 Å². The number of aromatic nitrogens is 2. The summed E-state index contributed by atoms with van der Waals surface area (Å²) in [6.45, 7) is 1.07. The van der Waals surface area contributed by atoms with Crippen LogP contribution in [0.4, 0.5) is 11.5 Å². The molecule has 1 aliphatic rings. The Kier molecular flexibility index (Phi) is 2.60. The fraction of sp³-hybridized carbons (Fsp3) is 0.231. The Balaban J connectivity index is 2.08. The first-order chi connectivity index (χ1) is 8.79. The molecule has 0 saturated heterocycles. The maximum absolute atomic E-state index is 5.46. The SMILES string of the molecule is CN1CCc2cc(-c3nccnc3NN)ccc21. The Morgan fingerprint density at radius 1 is 1.28 bits per heavy atom. The number of rotatable bonds is 2. The fourth-order valence-electron chi connectivity index (χ4n) is 2.37. The maximum Gasteiger partial charge on any atom is 0.166 e. The van der Waals surface area contributed by atoms with Crippen LogP contribution >= 0.6 is 0 Å². The molecule has 0 saturated carbocycles. The molecule has 0 spiro atoms. The molecular weight excluding hydrogens is 226 g/mol. The highest BCUT2D eigenvalue weighted by Gasteiger charge is 2.17. The lowest BCUT2D eigenvalue weighted by molar-refractivity contribution is 0.956. The number of nitrogen functional groups attached to an aromatic ring is 1. The lowest BCUT2D eigenvalue weighted by atomic mass is 10.1. The highest BCUT2D eigenvalue weighted by Crippen LogP contribution is 2.32. The predicted molar refractivity (Wildman–Crippen MR) is 72.3 cm³/mol. The van der Waals surface area contributed by atoms with E-state index in [9.17, 15) is 0 Å². The van der Waals surface area contributed by atoms with E-state index in [0.29, 0.717) is 5.82 Å². The van der Waals surface area contributed by atoms with E-state index in [2.05, 4.69) is 45.5 Å². The van der Waals surface area contributed by atoms with Crippen LogP contribution in [0, 0.1) is 0 Å². The van der Waals surface area contributed by atoms with E-state index in [1.165, 1.54) is 11.3 Å². The minimum Gasteiger partial charge on any atom is -0.374 e. The van der Waals surface area contributed by atoms with Crippen LogP contribution in [0.5, 0.6) is 0 Å². The second-order valence-corrected chi connectivity index (χ2v) is 4.41. The van der Waals surface area contributed by atoms with Crippen molar-refractivity contribution in [1.82, 2.24) is 9.97 Å². The Labute approximate surface area is 106 Å². The summed E-state index contributed by atoms with van der Waals surface area (Å²) in [5, 5.41) is 0. The molecule has 0 atom stereocenters. The van der Waals surface area contributed by atoms with Gasteiger partial charge in [0.25, 0.3) is 0 Å². The molecule has 0 fully saturated rings. The van der Waals surface area contributed by atoms with E-state index in [1.807, 2.05) is 0 Å². The molecular formula is C13H15N5. The lowest BCUT2D eigenvalue weighted by Crippen LogP contribution is -2.12. The molecule has 2 heterocycles. The molecule has 1 aliphatic heterocycles. The maximum atomic E-state index is 5.46. The van der Waals surface area contributed by atoms with Gasteiger partial charge in [-0.3, -0.25) is 4.98 Å². The highest BCUT2D eigenvalue weighted by molar-refractivity contribution is 5.74. The molecule has 5 nitrogen and oxygen atoms in total. The molecule has 0 unspecified atom stereocenters. The molecule has 1 aromatic heterocycles. The van der Waals surface area contributed by atoms with Gasteiger partial charge in [-0.15, -0.1) is 0 Å². The number of hydrogen-bond donors (Lipinski definition) is 2.